The molecular formula is C54H35N3OS. The van der Waals surface area contributed by atoms with Crippen molar-refractivity contribution in [3.8, 4) is 28.3 Å². The lowest BCUT2D eigenvalue weighted by atomic mass is 10.0. The van der Waals surface area contributed by atoms with Crippen molar-refractivity contribution in [2.75, 3.05) is 9.80 Å². The lowest BCUT2D eigenvalue weighted by Crippen LogP contribution is -2.17. The Labute approximate surface area is 345 Å². The van der Waals surface area contributed by atoms with E-state index in [1.807, 2.05) is 17.4 Å². The molecule has 2 aromatic heterocycles. The molecule has 0 radical (unpaired) electrons. The highest BCUT2D eigenvalue weighted by Gasteiger charge is 2.28. The van der Waals surface area contributed by atoms with Gasteiger partial charge in [-0.1, -0.05) is 115 Å². The van der Waals surface area contributed by atoms with Crippen molar-refractivity contribution in [3.05, 3.63) is 212 Å². The van der Waals surface area contributed by atoms with E-state index in [4.69, 9.17) is 4.74 Å². The average Bonchev–Trinajstić information content (AvgIpc) is 3.84. The first-order valence-corrected chi connectivity index (χ1v) is 20.7. The van der Waals surface area contributed by atoms with Crippen LogP contribution in [-0.4, -0.2) is 4.57 Å². The number of benzene rings is 9. The molecule has 3 heterocycles. The van der Waals surface area contributed by atoms with Crippen molar-refractivity contribution in [1.29, 1.82) is 0 Å². The molecule has 9 aromatic carbocycles. The third-order valence-electron chi connectivity index (χ3n) is 11.5. The van der Waals surface area contributed by atoms with E-state index >= 15 is 0 Å². The minimum atomic E-state index is 0.795. The van der Waals surface area contributed by atoms with E-state index in [1.54, 1.807) is 0 Å². The van der Waals surface area contributed by atoms with Gasteiger partial charge in [0.2, 0.25) is 0 Å². The number of ether oxygens (including phenoxy) is 1. The molecule has 0 spiro atoms. The predicted molar refractivity (Wildman–Crippen MR) is 249 cm³/mol. The van der Waals surface area contributed by atoms with E-state index in [2.05, 4.69) is 221 Å². The number of hydrogen-bond acceptors (Lipinski definition) is 4. The van der Waals surface area contributed by atoms with Crippen LogP contribution >= 0.6 is 11.3 Å². The van der Waals surface area contributed by atoms with Crippen molar-refractivity contribution < 1.29 is 4.74 Å². The van der Waals surface area contributed by atoms with Gasteiger partial charge in [-0.15, -0.1) is 11.3 Å². The van der Waals surface area contributed by atoms with Crippen LogP contribution in [0.2, 0.25) is 0 Å². The lowest BCUT2D eigenvalue weighted by Gasteiger charge is -2.34. The Bertz CT molecular complexity index is 3330. The van der Waals surface area contributed by atoms with E-state index in [0.717, 1.165) is 56.9 Å². The lowest BCUT2D eigenvalue weighted by molar-refractivity contribution is 0.477. The van der Waals surface area contributed by atoms with Crippen molar-refractivity contribution in [1.82, 2.24) is 4.57 Å². The number of aromatic nitrogens is 1. The van der Waals surface area contributed by atoms with E-state index in [0.29, 0.717) is 0 Å². The molecule has 0 saturated carbocycles. The second kappa shape index (κ2) is 13.5. The third-order valence-corrected chi connectivity index (χ3v) is 12.7. The standard InChI is InChI=1S/C54H35N3OS/c1-2-13-36(14-3-1)37-15-12-16-40(33-37)55(38-25-27-39(28-26-38)56-47-20-7-4-17-43(47)44-18-5-8-21-48(44)56)41-30-32-50-52(34-41)58-51-23-10-9-22-49(51)57(50)42-29-31-46-45-19-6-11-24-53(45)59-54(46)35-42/h1-35H. The predicted octanol–water partition coefficient (Wildman–Crippen LogP) is 15.9. The van der Waals surface area contributed by atoms with Crippen LogP contribution in [0.5, 0.6) is 11.5 Å². The molecule has 1 aliphatic heterocycles. The van der Waals surface area contributed by atoms with Gasteiger partial charge in [-0.2, -0.15) is 0 Å². The first-order chi connectivity index (χ1) is 29.2. The summed E-state index contributed by atoms with van der Waals surface area (Å²) in [6.45, 7) is 0. The molecule has 278 valence electrons. The average molecular weight is 774 g/mol. The molecule has 5 heteroatoms. The van der Waals surface area contributed by atoms with Gasteiger partial charge in [-0.3, -0.25) is 0 Å². The van der Waals surface area contributed by atoms with Crippen LogP contribution in [0.25, 0.3) is 58.8 Å². The Kier molecular flexibility index (Phi) is 7.68. The molecule has 0 atom stereocenters. The molecule has 12 rings (SSSR count). The van der Waals surface area contributed by atoms with Crippen molar-refractivity contribution in [2.45, 2.75) is 0 Å². The van der Waals surface area contributed by atoms with Crippen molar-refractivity contribution in [2.24, 2.45) is 0 Å². The highest BCUT2D eigenvalue weighted by Crippen LogP contribution is 2.53. The van der Waals surface area contributed by atoms with Gasteiger partial charge < -0.3 is 19.1 Å². The maximum atomic E-state index is 6.80. The normalized spacial score (nSPS) is 12.2. The number of fused-ring (bicyclic) bond motifs is 8. The van der Waals surface area contributed by atoms with Gasteiger partial charge in [0, 0.05) is 65.4 Å². The molecule has 0 unspecified atom stereocenters. The highest BCUT2D eigenvalue weighted by atomic mass is 32.1. The molecule has 0 saturated heterocycles. The first kappa shape index (κ1) is 33.5. The largest absolute Gasteiger partial charge is 0.453 e. The maximum absolute atomic E-state index is 6.80. The summed E-state index contributed by atoms with van der Waals surface area (Å²) in [5.74, 6) is 1.62. The highest BCUT2D eigenvalue weighted by molar-refractivity contribution is 7.25. The van der Waals surface area contributed by atoms with Gasteiger partial charge in [0.15, 0.2) is 11.5 Å². The van der Waals surface area contributed by atoms with E-state index in [9.17, 15) is 0 Å². The van der Waals surface area contributed by atoms with Gasteiger partial charge >= 0.3 is 0 Å². The number of hydrogen-bond donors (Lipinski definition) is 0. The molecule has 1 aliphatic rings. The molecule has 0 aliphatic carbocycles. The fourth-order valence-electron chi connectivity index (χ4n) is 8.87. The summed E-state index contributed by atoms with van der Waals surface area (Å²) in [6.07, 6.45) is 0. The number of nitrogens with zero attached hydrogens (tertiary/aromatic N) is 3. The second-order valence-corrected chi connectivity index (χ2v) is 16.1. The number of para-hydroxylation sites is 4. The Hall–Kier alpha value is -7.60. The summed E-state index contributed by atoms with van der Waals surface area (Å²) in [4.78, 5) is 4.67. The van der Waals surface area contributed by atoms with Crippen LogP contribution in [0.4, 0.5) is 34.1 Å². The molecule has 0 amide bonds. The molecule has 0 N–H and O–H groups in total. The smallest absolute Gasteiger partial charge is 0.153 e. The van der Waals surface area contributed by atoms with Gasteiger partial charge in [0.25, 0.3) is 0 Å². The summed E-state index contributed by atoms with van der Waals surface area (Å²) in [5.41, 5.74) is 12.0. The Balaban J connectivity index is 1.00. The second-order valence-electron chi connectivity index (χ2n) is 15.0. The third kappa shape index (κ3) is 5.51. The van der Waals surface area contributed by atoms with Crippen LogP contribution in [0, 0.1) is 0 Å². The van der Waals surface area contributed by atoms with Gasteiger partial charge in [0.1, 0.15) is 0 Å². The number of thiophene rings is 1. The topological polar surface area (TPSA) is 20.6 Å². The summed E-state index contributed by atoms with van der Waals surface area (Å²) in [7, 11) is 0. The van der Waals surface area contributed by atoms with Gasteiger partial charge in [0.05, 0.1) is 22.4 Å². The SMILES string of the molecule is c1ccc(-c2cccc(N(c3ccc(-n4c5ccccc5c5ccccc54)cc3)c3ccc4c(c3)Oc3ccccc3N4c3ccc4c(c3)sc3ccccc34)c2)cc1. The molecule has 11 aromatic rings. The van der Waals surface area contributed by atoms with Gasteiger partial charge in [-0.05, 0) is 102 Å². The minimum Gasteiger partial charge on any atom is -0.453 e. The van der Waals surface area contributed by atoms with Crippen LogP contribution in [0.3, 0.4) is 0 Å². The van der Waals surface area contributed by atoms with Crippen LogP contribution in [-0.2, 0) is 0 Å². The number of rotatable bonds is 6. The van der Waals surface area contributed by atoms with Crippen molar-refractivity contribution >= 4 is 87.4 Å². The molecule has 0 bridgehead atoms. The Morgan fingerprint density at radius 3 is 1.80 bits per heavy atom. The fourth-order valence-corrected chi connectivity index (χ4v) is 10.0. The zero-order valence-corrected chi connectivity index (χ0v) is 32.7. The van der Waals surface area contributed by atoms with Crippen LogP contribution < -0.4 is 14.5 Å². The quantitative estimate of drug-likeness (QED) is 0.168. The number of anilines is 6. The minimum absolute atomic E-state index is 0.795. The molecule has 4 nitrogen and oxygen atoms in total. The van der Waals surface area contributed by atoms with Crippen LogP contribution in [0.1, 0.15) is 0 Å². The fraction of sp³-hybridized carbons (Fsp3) is 0. The van der Waals surface area contributed by atoms with Crippen molar-refractivity contribution in [3.63, 3.8) is 0 Å². The summed E-state index contributed by atoms with van der Waals surface area (Å²) in [6, 6.07) is 76.0. The summed E-state index contributed by atoms with van der Waals surface area (Å²) >= 11 is 1.84. The van der Waals surface area contributed by atoms with E-state index in [-0.39, 0.29) is 0 Å². The summed E-state index contributed by atoms with van der Waals surface area (Å²) in [5, 5.41) is 5.08. The first-order valence-electron chi connectivity index (χ1n) is 19.9. The van der Waals surface area contributed by atoms with E-state index in [1.165, 1.54) is 47.5 Å². The van der Waals surface area contributed by atoms with E-state index < -0.39 is 0 Å². The summed E-state index contributed by atoms with van der Waals surface area (Å²) < 4.78 is 11.7. The van der Waals surface area contributed by atoms with Gasteiger partial charge in [-0.25, -0.2) is 0 Å². The monoisotopic (exact) mass is 773 g/mol. The molecule has 59 heavy (non-hydrogen) atoms. The zero-order valence-electron chi connectivity index (χ0n) is 31.9. The Morgan fingerprint density at radius 1 is 0.373 bits per heavy atom. The zero-order chi connectivity index (χ0) is 38.9. The van der Waals surface area contributed by atoms with Crippen LogP contribution in [0.15, 0.2) is 212 Å². The molecular weight excluding hydrogens is 739 g/mol. The maximum Gasteiger partial charge on any atom is 0.153 e. The Morgan fingerprint density at radius 2 is 0.983 bits per heavy atom. The molecule has 0 fully saturated rings.